The number of amides is 2. The molecule has 0 radical (unpaired) electrons. The van der Waals surface area contributed by atoms with Crippen LogP contribution in [0.2, 0.25) is 0 Å². The van der Waals surface area contributed by atoms with Crippen molar-refractivity contribution in [2.24, 2.45) is 0 Å². The van der Waals surface area contributed by atoms with Crippen LogP contribution < -0.4 is 15.4 Å². The number of benzene rings is 2. The second kappa shape index (κ2) is 9.93. The largest absolute Gasteiger partial charge is 0.496 e. The molecule has 0 unspecified atom stereocenters. The van der Waals surface area contributed by atoms with E-state index in [-0.39, 0.29) is 23.1 Å². The smallest absolute Gasteiger partial charge is 0.243 e. The maximum Gasteiger partial charge on any atom is 0.243 e. The molecule has 9 heteroatoms. The molecule has 2 amide bonds. The molecule has 3 rings (SSSR count). The van der Waals surface area contributed by atoms with Gasteiger partial charge in [-0.3, -0.25) is 9.59 Å². The van der Waals surface area contributed by atoms with Gasteiger partial charge in [0.15, 0.2) is 0 Å². The van der Waals surface area contributed by atoms with Crippen LogP contribution in [0.3, 0.4) is 0 Å². The van der Waals surface area contributed by atoms with Crippen LogP contribution in [0.1, 0.15) is 31.7 Å². The number of aryl methyl sites for hydroxylation is 1. The number of carbonyl (C=O) groups excluding carboxylic acids is 2. The van der Waals surface area contributed by atoms with Crippen molar-refractivity contribution in [2.45, 2.75) is 37.5 Å². The van der Waals surface area contributed by atoms with E-state index in [1.807, 2.05) is 0 Å². The van der Waals surface area contributed by atoms with Crippen LogP contribution in [0.5, 0.6) is 5.75 Å². The Morgan fingerprint density at radius 1 is 1.03 bits per heavy atom. The summed E-state index contributed by atoms with van der Waals surface area (Å²) in [5, 5.41) is 5.46. The van der Waals surface area contributed by atoms with Gasteiger partial charge in [-0.05, 0) is 61.2 Å². The molecular weight excluding hydrogens is 418 g/mol. The van der Waals surface area contributed by atoms with Crippen molar-refractivity contribution in [3.05, 3.63) is 48.0 Å². The fourth-order valence-corrected chi connectivity index (χ4v) is 5.11. The zero-order valence-electron chi connectivity index (χ0n) is 17.7. The van der Waals surface area contributed by atoms with Crippen LogP contribution in [0.15, 0.2) is 47.4 Å². The number of ether oxygens (including phenoxy) is 1. The lowest BCUT2D eigenvalue weighted by molar-refractivity contribution is -0.116. The summed E-state index contributed by atoms with van der Waals surface area (Å²) in [4.78, 5) is 23.9. The summed E-state index contributed by atoms with van der Waals surface area (Å²) >= 11 is 0. The first-order chi connectivity index (χ1) is 14.8. The number of sulfonamides is 1. The second-order valence-corrected chi connectivity index (χ2v) is 9.33. The minimum Gasteiger partial charge on any atom is -0.496 e. The number of nitrogens with one attached hydrogen (secondary N) is 2. The van der Waals surface area contributed by atoms with Crippen molar-refractivity contribution in [2.75, 3.05) is 30.8 Å². The third-order valence-electron chi connectivity index (χ3n) is 5.04. The van der Waals surface area contributed by atoms with Gasteiger partial charge in [-0.2, -0.15) is 4.31 Å². The first-order valence-electron chi connectivity index (χ1n) is 10.1. The highest BCUT2D eigenvalue weighted by molar-refractivity contribution is 7.89. The average molecular weight is 446 g/mol. The molecule has 1 saturated heterocycles. The number of hydrogen-bond acceptors (Lipinski definition) is 5. The molecule has 0 spiro atoms. The maximum atomic E-state index is 12.8. The third-order valence-corrected chi connectivity index (χ3v) is 6.94. The van der Waals surface area contributed by atoms with E-state index >= 15 is 0 Å². The molecule has 31 heavy (non-hydrogen) atoms. The molecule has 1 aliphatic heterocycles. The fourth-order valence-electron chi connectivity index (χ4n) is 3.54. The van der Waals surface area contributed by atoms with Crippen LogP contribution in [0, 0.1) is 0 Å². The van der Waals surface area contributed by atoms with Gasteiger partial charge in [0.25, 0.3) is 0 Å². The first kappa shape index (κ1) is 22.8. The van der Waals surface area contributed by atoms with Crippen molar-refractivity contribution in [1.29, 1.82) is 0 Å². The molecule has 8 nitrogen and oxygen atoms in total. The van der Waals surface area contributed by atoms with E-state index in [0.29, 0.717) is 42.2 Å². The minimum absolute atomic E-state index is 0.147. The van der Waals surface area contributed by atoms with Gasteiger partial charge < -0.3 is 15.4 Å². The summed E-state index contributed by atoms with van der Waals surface area (Å²) in [5.74, 6) is 0.120. The van der Waals surface area contributed by atoms with Crippen LogP contribution in [-0.2, 0) is 26.0 Å². The van der Waals surface area contributed by atoms with Crippen LogP contribution >= 0.6 is 0 Å². The number of nitrogens with zero attached hydrogens (tertiary/aromatic N) is 1. The number of hydrogen-bond donors (Lipinski definition) is 2. The number of methoxy groups -OCH3 is 1. The average Bonchev–Trinajstić information content (AvgIpc) is 3.27. The summed E-state index contributed by atoms with van der Waals surface area (Å²) in [6, 6.07) is 11.6. The van der Waals surface area contributed by atoms with Gasteiger partial charge in [0, 0.05) is 37.8 Å². The predicted molar refractivity (Wildman–Crippen MR) is 119 cm³/mol. The molecule has 0 saturated carbocycles. The second-order valence-electron chi connectivity index (χ2n) is 7.40. The van der Waals surface area contributed by atoms with E-state index in [9.17, 15) is 18.0 Å². The Balaban J connectivity index is 1.69. The van der Waals surface area contributed by atoms with Crippen molar-refractivity contribution < 1.29 is 22.7 Å². The summed E-state index contributed by atoms with van der Waals surface area (Å²) < 4.78 is 32.6. The molecule has 2 N–H and O–H groups in total. The highest BCUT2D eigenvalue weighted by atomic mass is 32.2. The molecule has 1 heterocycles. The van der Waals surface area contributed by atoms with E-state index in [4.69, 9.17) is 4.74 Å². The van der Waals surface area contributed by atoms with Gasteiger partial charge >= 0.3 is 0 Å². The van der Waals surface area contributed by atoms with Crippen LogP contribution in [0.25, 0.3) is 0 Å². The summed E-state index contributed by atoms with van der Waals surface area (Å²) in [6.07, 6.45) is 2.20. The molecule has 2 aromatic carbocycles. The fraction of sp³-hybridized carbons (Fsp3) is 0.364. The SMILES string of the molecule is COc1ccc(S(=O)(=O)N2CCCC2)cc1CCC(=O)Nc1cccc(NC(C)=O)c1. The van der Waals surface area contributed by atoms with E-state index in [1.165, 1.54) is 18.3 Å². The topological polar surface area (TPSA) is 105 Å². The Bertz CT molecular complexity index is 1060. The Labute approximate surface area is 182 Å². The Morgan fingerprint density at radius 3 is 2.35 bits per heavy atom. The van der Waals surface area contributed by atoms with Gasteiger partial charge in [-0.25, -0.2) is 8.42 Å². The number of rotatable bonds is 8. The van der Waals surface area contributed by atoms with E-state index in [0.717, 1.165) is 12.8 Å². The monoisotopic (exact) mass is 445 g/mol. The van der Waals surface area contributed by atoms with Gasteiger partial charge in [0.05, 0.1) is 12.0 Å². The Kier molecular flexibility index (Phi) is 7.29. The third kappa shape index (κ3) is 5.83. The van der Waals surface area contributed by atoms with Crippen LogP contribution in [0.4, 0.5) is 11.4 Å². The summed E-state index contributed by atoms with van der Waals surface area (Å²) in [5.41, 5.74) is 1.81. The minimum atomic E-state index is -3.55. The molecule has 1 fully saturated rings. The number of carbonyl (C=O) groups is 2. The Hall–Kier alpha value is -2.91. The van der Waals surface area contributed by atoms with Crippen molar-refractivity contribution in [3.63, 3.8) is 0 Å². The molecule has 0 bridgehead atoms. The molecule has 166 valence electrons. The molecule has 2 aromatic rings. The number of anilines is 2. The molecule has 1 aliphatic rings. The predicted octanol–water partition coefficient (Wildman–Crippen LogP) is 3.01. The van der Waals surface area contributed by atoms with Crippen molar-refractivity contribution >= 4 is 33.2 Å². The van der Waals surface area contributed by atoms with E-state index in [2.05, 4.69) is 10.6 Å². The highest BCUT2D eigenvalue weighted by Gasteiger charge is 2.27. The highest BCUT2D eigenvalue weighted by Crippen LogP contribution is 2.27. The molecular formula is C22H27N3O5S. The van der Waals surface area contributed by atoms with Crippen molar-refractivity contribution in [3.8, 4) is 5.75 Å². The lowest BCUT2D eigenvalue weighted by atomic mass is 10.1. The quantitative estimate of drug-likeness (QED) is 0.650. The molecule has 0 aromatic heterocycles. The van der Waals surface area contributed by atoms with Crippen LogP contribution in [-0.4, -0.2) is 44.7 Å². The summed E-state index contributed by atoms with van der Waals surface area (Å²) in [7, 11) is -2.03. The first-order valence-corrected chi connectivity index (χ1v) is 11.6. The lowest BCUT2D eigenvalue weighted by Crippen LogP contribution is -2.28. The van der Waals surface area contributed by atoms with Gasteiger partial charge in [0.1, 0.15) is 5.75 Å². The van der Waals surface area contributed by atoms with Crippen molar-refractivity contribution in [1.82, 2.24) is 4.31 Å². The van der Waals surface area contributed by atoms with Gasteiger partial charge in [0.2, 0.25) is 21.8 Å². The zero-order chi connectivity index (χ0) is 22.4. The lowest BCUT2D eigenvalue weighted by Gasteiger charge is -2.17. The Morgan fingerprint density at radius 2 is 1.71 bits per heavy atom. The van der Waals surface area contributed by atoms with Gasteiger partial charge in [-0.15, -0.1) is 0 Å². The van der Waals surface area contributed by atoms with Gasteiger partial charge in [-0.1, -0.05) is 6.07 Å². The normalized spacial score (nSPS) is 14.3. The van der Waals surface area contributed by atoms with E-state index < -0.39 is 10.0 Å². The zero-order valence-corrected chi connectivity index (χ0v) is 18.5. The molecule has 0 aliphatic carbocycles. The maximum absolute atomic E-state index is 12.8. The standard InChI is InChI=1S/C22H27N3O5S/c1-16(26)23-18-6-5-7-19(15-18)24-22(27)11-8-17-14-20(9-10-21(17)30-2)31(28,29)25-12-3-4-13-25/h5-7,9-10,14-15H,3-4,8,11-13H2,1-2H3,(H,23,26)(H,24,27). The molecule has 0 atom stereocenters. The summed E-state index contributed by atoms with van der Waals surface area (Å²) in [6.45, 7) is 2.48. The van der Waals surface area contributed by atoms with E-state index in [1.54, 1.807) is 42.5 Å².